The van der Waals surface area contributed by atoms with Crippen molar-refractivity contribution in [1.82, 2.24) is 4.90 Å². The van der Waals surface area contributed by atoms with E-state index in [0.29, 0.717) is 21.7 Å². The number of sulfone groups is 1. The van der Waals surface area contributed by atoms with Gasteiger partial charge in [0.05, 0.1) is 11.3 Å². The van der Waals surface area contributed by atoms with E-state index in [1.807, 2.05) is 42.2 Å². The van der Waals surface area contributed by atoms with Crippen LogP contribution in [0.3, 0.4) is 0 Å². The molecule has 0 atom stereocenters. The van der Waals surface area contributed by atoms with Crippen LogP contribution in [0.2, 0.25) is 0 Å². The molecule has 8 heteroatoms. The fourth-order valence-electron chi connectivity index (χ4n) is 4.21. The Hall–Kier alpha value is -2.97. The van der Waals surface area contributed by atoms with Gasteiger partial charge >= 0.3 is 0 Å². The fourth-order valence-corrected chi connectivity index (χ4v) is 6.21. The van der Waals surface area contributed by atoms with Crippen LogP contribution in [0.1, 0.15) is 51.1 Å². The van der Waals surface area contributed by atoms with Crippen LogP contribution in [0.4, 0.5) is 5.00 Å². The van der Waals surface area contributed by atoms with Crippen LogP contribution >= 0.6 is 11.3 Å². The summed E-state index contributed by atoms with van der Waals surface area (Å²) in [6.07, 6.45) is 4.28. The van der Waals surface area contributed by atoms with Gasteiger partial charge < -0.3 is 10.2 Å². The molecule has 4 rings (SSSR count). The highest BCUT2D eigenvalue weighted by atomic mass is 32.2. The van der Waals surface area contributed by atoms with Crippen molar-refractivity contribution < 1.29 is 18.0 Å². The van der Waals surface area contributed by atoms with Gasteiger partial charge in [-0.05, 0) is 55.0 Å². The van der Waals surface area contributed by atoms with E-state index in [0.717, 1.165) is 48.4 Å². The van der Waals surface area contributed by atoms with E-state index >= 15 is 0 Å². The lowest BCUT2D eigenvalue weighted by atomic mass is 10.0. The minimum atomic E-state index is -3.15. The summed E-state index contributed by atoms with van der Waals surface area (Å²) in [5, 5.41) is 3.50. The van der Waals surface area contributed by atoms with Gasteiger partial charge in [0, 0.05) is 29.8 Å². The molecule has 0 radical (unpaired) electrons. The maximum Gasteiger partial charge on any atom is 0.257 e. The number of piperidine rings is 1. The first-order valence-corrected chi connectivity index (χ1v) is 14.2. The van der Waals surface area contributed by atoms with Gasteiger partial charge in [0.15, 0.2) is 9.84 Å². The lowest BCUT2D eigenvalue weighted by molar-refractivity contribution is 0.0725. The largest absolute Gasteiger partial charge is 0.339 e. The molecule has 0 aliphatic carbocycles. The van der Waals surface area contributed by atoms with Crippen LogP contribution in [0.5, 0.6) is 0 Å². The molecule has 0 saturated carbocycles. The van der Waals surface area contributed by atoms with E-state index in [1.165, 1.54) is 17.6 Å². The Kier molecular flexibility index (Phi) is 7.19. The molecule has 0 bridgehead atoms. The van der Waals surface area contributed by atoms with Crippen LogP contribution in [-0.4, -0.2) is 44.5 Å². The van der Waals surface area contributed by atoms with Crippen LogP contribution < -0.4 is 5.32 Å². The first-order chi connectivity index (χ1) is 16.2. The first kappa shape index (κ1) is 24.2. The molecule has 6 nitrogen and oxygen atoms in total. The minimum Gasteiger partial charge on any atom is -0.339 e. The number of benzene rings is 2. The molecule has 1 saturated heterocycles. The highest BCUT2D eigenvalue weighted by molar-refractivity contribution is 7.89. The Morgan fingerprint density at radius 2 is 1.62 bits per heavy atom. The average Bonchev–Trinajstić information content (AvgIpc) is 3.14. The molecule has 1 aromatic heterocycles. The van der Waals surface area contributed by atoms with Crippen molar-refractivity contribution in [2.75, 3.05) is 24.7 Å². The number of hydrogen-bond donors (Lipinski definition) is 1. The third-order valence-electron chi connectivity index (χ3n) is 5.91. The van der Waals surface area contributed by atoms with Crippen molar-refractivity contribution in [2.45, 2.75) is 31.9 Å². The van der Waals surface area contributed by atoms with Crippen molar-refractivity contribution in [2.24, 2.45) is 0 Å². The van der Waals surface area contributed by atoms with Gasteiger partial charge in [-0.15, -0.1) is 11.3 Å². The molecule has 2 heterocycles. The number of likely N-dealkylation sites (tertiary alicyclic amines) is 1. The summed E-state index contributed by atoms with van der Waals surface area (Å²) in [6, 6.07) is 16.4. The molecule has 3 aromatic rings. The molecule has 178 valence electrons. The Labute approximate surface area is 204 Å². The monoisotopic (exact) mass is 496 g/mol. The second-order valence-electron chi connectivity index (χ2n) is 8.70. The molecule has 0 unspecified atom stereocenters. The maximum absolute atomic E-state index is 13.5. The standard InChI is InChI=1S/C26H28N2O4S2/c1-18-22(26(30)28-15-7-4-8-16-28)25(33-23(18)20-9-5-3-6-10-20)27-24(29)21-13-11-19(12-14-21)17-34(2,31)32/h3,5-6,9-14H,4,7-8,15-17H2,1-2H3,(H,27,29). The van der Waals surface area contributed by atoms with E-state index in [-0.39, 0.29) is 17.6 Å². The number of nitrogens with zero attached hydrogens (tertiary/aromatic N) is 1. The number of rotatable bonds is 6. The summed E-state index contributed by atoms with van der Waals surface area (Å²) in [7, 11) is -3.15. The summed E-state index contributed by atoms with van der Waals surface area (Å²) in [6.45, 7) is 3.39. The predicted molar refractivity (Wildman–Crippen MR) is 137 cm³/mol. The molecule has 0 spiro atoms. The summed E-state index contributed by atoms with van der Waals surface area (Å²) in [4.78, 5) is 29.4. The van der Waals surface area contributed by atoms with Gasteiger partial charge in [-0.1, -0.05) is 42.5 Å². The van der Waals surface area contributed by atoms with Crippen LogP contribution in [0.25, 0.3) is 10.4 Å². The fraction of sp³-hybridized carbons (Fsp3) is 0.308. The van der Waals surface area contributed by atoms with Crippen LogP contribution in [0.15, 0.2) is 54.6 Å². The molecule has 2 amide bonds. The summed E-state index contributed by atoms with van der Waals surface area (Å²) < 4.78 is 23.1. The van der Waals surface area contributed by atoms with Gasteiger partial charge in [-0.25, -0.2) is 8.42 Å². The number of hydrogen-bond acceptors (Lipinski definition) is 5. The smallest absolute Gasteiger partial charge is 0.257 e. The van der Waals surface area contributed by atoms with Crippen LogP contribution in [-0.2, 0) is 15.6 Å². The lowest BCUT2D eigenvalue weighted by Crippen LogP contribution is -2.36. The van der Waals surface area contributed by atoms with Gasteiger partial charge in [-0.2, -0.15) is 0 Å². The maximum atomic E-state index is 13.5. The summed E-state index contributed by atoms with van der Waals surface area (Å²) in [5.74, 6) is -0.456. The molecular formula is C26H28N2O4S2. The minimum absolute atomic E-state index is 0.0468. The van der Waals surface area contributed by atoms with Crippen molar-refractivity contribution in [1.29, 1.82) is 0 Å². The van der Waals surface area contributed by atoms with Gasteiger partial charge in [0.1, 0.15) is 5.00 Å². The normalized spacial score (nSPS) is 14.1. The molecule has 1 aliphatic rings. The Balaban J connectivity index is 1.66. The quantitative estimate of drug-likeness (QED) is 0.512. The molecule has 1 fully saturated rings. The number of amides is 2. The third kappa shape index (κ3) is 5.56. The second-order valence-corrected chi connectivity index (χ2v) is 11.9. The number of anilines is 1. The lowest BCUT2D eigenvalue weighted by Gasteiger charge is -2.27. The highest BCUT2D eigenvalue weighted by Crippen LogP contribution is 2.41. The van der Waals surface area contributed by atoms with Crippen LogP contribution in [0, 0.1) is 6.92 Å². The highest BCUT2D eigenvalue weighted by Gasteiger charge is 2.28. The number of thiophene rings is 1. The van der Waals surface area contributed by atoms with Gasteiger partial charge in [0.2, 0.25) is 0 Å². The van der Waals surface area contributed by atoms with Gasteiger partial charge in [0.25, 0.3) is 11.8 Å². The average molecular weight is 497 g/mol. The zero-order chi connectivity index (χ0) is 24.3. The molecule has 34 heavy (non-hydrogen) atoms. The Morgan fingerprint density at radius 3 is 2.24 bits per heavy atom. The topological polar surface area (TPSA) is 83.5 Å². The zero-order valence-corrected chi connectivity index (χ0v) is 21.0. The van der Waals surface area contributed by atoms with E-state index in [9.17, 15) is 18.0 Å². The van der Waals surface area contributed by atoms with Crippen molar-refractivity contribution in [3.63, 3.8) is 0 Å². The molecular weight excluding hydrogens is 468 g/mol. The molecule has 1 aliphatic heterocycles. The molecule has 1 N–H and O–H groups in total. The van der Waals surface area contributed by atoms with E-state index in [1.54, 1.807) is 24.3 Å². The molecule has 2 aromatic carbocycles. The SMILES string of the molecule is Cc1c(-c2ccccc2)sc(NC(=O)c2ccc(CS(C)(=O)=O)cc2)c1C(=O)N1CCCCC1. The number of nitrogens with one attached hydrogen (secondary N) is 1. The predicted octanol–water partition coefficient (Wildman–Crippen LogP) is 5.15. The number of carbonyl (C=O) groups excluding carboxylic acids is 2. The summed E-state index contributed by atoms with van der Waals surface area (Å²) >= 11 is 1.41. The van der Waals surface area contributed by atoms with Crippen molar-refractivity contribution in [3.8, 4) is 10.4 Å². The first-order valence-electron chi connectivity index (χ1n) is 11.3. The van der Waals surface area contributed by atoms with Crippen molar-refractivity contribution in [3.05, 3.63) is 76.9 Å². The second kappa shape index (κ2) is 10.1. The number of carbonyl (C=O) groups is 2. The van der Waals surface area contributed by atoms with E-state index < -0.39 is 9.84 Å². The third-order valence-corrected chi connectivity index (χ3v) is 8.03. The summed E-state index contributed by atoms with van der Waals surface area (Å²) in [5.41, 5.74) is 3.45. The Bertz CT molecular complexity index is 1290. The van der Waals surface area contributed by atoms with E-state index in [4.69, 9.17) is 0 Å². The Morgan fingerprint density at radius 1 is 0.971 bits per heavy atom. The van der Waals surface area contributed by atoms with E-state index in [2.05, 4.69) is 5.32 Å². The van der Waals surface area contributed by atoms with Crippen molar-refractivity contribution >= 4 is 38.0 Å². The van der Waals surface area contributed by atoms with Gasteiger partial charge in [-0.3, -0.25) is 9.59 Å². The zero-order valence-electron chi connectivity index (χ0n) is 19.3.